The van der Waals surface area contributed by atoms with Crippen LogP contribution in [-0.2, 0) is 11.3 Å². The first-order valence-corrected chi connectivity index (χ1v) is 9.61. The SMILES string of the molecule is CCNC(=NCc1cc(C(C)C)no1)NCCN(CC)C(=O)OC(C)(C)C. The minimum absolute atomic E-state index is 0.309. The molecule has 1 aromatic rings. The molecule has 8 heteroatoms. The van der Waals surface area contributed by atoms with Crippen LogP contribution in [0.1, 0.15) is 65.8 Å². The average molecular weight is 382 g/mol. The molecule has 0 saturated carbocycles. The Balaban J connectivity index is 2.56. The van der Waals surface area contributed by atoms with Gasteiger partial charge in [0.2, 0.25) is 0 Å². The maximum Gasteiger partial charge on any atom is 0.410 e. The van der Waals surface area contributed by atoms with Crippen LogP contribution < -0.4 is 10.6 Å². The van der Waals surface area contributed by atoms with Crippen LogP contribution in [-0.4, -0.2) is 53.9 Å². The lowest BCUT2D eigenvalue weighted by atomic mass is 10.1. The van der Waals surface area contributed by atoms with Gasteiger partial charge in [0.1, 0.15) is 12.1 Å². The fraction of sp³-hybridized carbons (Fsp3) is 0.737. The molecular weight excluding hydrogens is 346 g/mol. The number of hydrogen-bond acceptors (Lipinski definition) is 5. The van der Waals surface area contributed by atoms with Crippen LogP contribution >= 0.6 is 0 Å². The highest BCUT2D eigenvalue weighted by Gasteiger charge is 2.20. The standard InChI is InChI=1S/C19H35N5O3/c1-8-20-17(22-13-15-12-16(14(3)4)23-27-15)21-10-11-24(9-2)18(25)26-19(5,6)7/h12,14H,8-11,13H2,1-7H3,(H2,20,21,22). The molecule has 0 aromatic carbocycles. The van der Waals surface area contributed by atoms with Crippen LogP contribution in [0.25, 0.3) is 0 Å². The van der Waals surface area contributed by atoms with Crippen molar-refractivity contribution in [2.45, 2.75) is 66.5 Å². The highest BCUT2D eigenvalue weighted by atomic mass is 16.6. The maximum atomic E-state index is 12.2. The summed E-state index contributed by atoms with van der Waals surface area (Å²) in [6.45, 7) is 16.5. The third kappa shape index (κ3) is 8.79. The second-order valence-electron chi connectivity index (χ2n) is 7.55. The molecule has 0 aliphatic heterocycles. The summed E-state index contributed by atoms with van der Waals surface area (Å²) in [5.74, 6) is 1.71. The number of carbonyl (C=O) groups is 1. The first kappa shape index (κ1) is 22.8. The van der Waals surface area contributed by atoms with Crippen molar-refractivity contribution in [2.75, 3.05) is 26.2 Å². The van der Waals surface area contributed by atoms with Gasteiger partial charge in [0.25, 0.3) is 0 Å². The van der Waals surface area contributed by atoms with Gasteiger partial charge in [-0.05, 0) is 40.5 Å². The van der Waals surface area contributed by atoms with Gasteiger partial charge in [-0.25, -0.2) is 9.79 Å². The third-order valence-corrected chi connectivity index (χ3v) is 3.61. The molecular formula is C19H35N5O3. The Morgan fingerprint density at radius 1 is 1.33 bits per heavy atom. The molecule has 0 aliphatic rings. The van der Waals surface area contributed by atoms with Gasteiger partial charge in [0.05, 0.1) is 5.69 Å². The quantitative estimate of drug-likeness (QED) is 0.531. The lowest BCUT2D eigenvalue weighted by Crippen LogP contribution is -2.44. The van der Waals surface area contributed by atoms with E-state index < -0.39 is 5.60 Å². The van der Waals surface area contributed by atoms with Crippen molar-refractivity contribution in [1.82, 2.24) is 20.7 Å². The summed E-state index contributed by atoms with van der Waals surface area (Å²) in [7, 11) is 0. The third-order valence-electron chi connectivity index (χ3n) is 3.61. The largest absolute Gasteiger partial charge is 0.444 e. The molecule has 0 fully saturated rings. The van der Waals surface area contributed by atoms with E-state index in [0.29, 0.717) is 38.1 Å². The summed E-state index contributed by atoms with van der Waals surface area (Å²) in [5, 5.41) is 10.5. The van der Waals surface area contributed by atoms with Gasteiger partial charge in [-0.15, -0.1) is 0 Å². The van der Waals surface area contributed by atoms with Crippen molar-refractivity contribution in [3.05, 3.63) is 17.5 Å². The minimum Gasteiger partial charge on any atom is -0.444 e. The zero-order valence-corrected chi connectivity index (χ0v) is 17.8. The van der Waals surface area contributed by atoms with Crippen molar-refractivity contribution in [1.29, 1.82) is 0 Å². The lowest BCUT2D eigenvalue weighted by molar-refractivity contribution is 0.0264. The van der Waals surface area contributed by atoms with Crippen LogP contribution in [0.5, 0.6) is 0 Å². The van der Waals surface area contributed by atoms with Crippen molar-refractivity contribution in [3.8, 4) is 0 Å². The molecule has 1 amide bonds. The van der Waals surface area contributed by atoms with Gasteiger partial charge >= 0.3 is 6.09 Å². The number of aliphatic imine (C=N–C) groups is 1. The highest BCUT2D eigenvalue weighted by molar-refractivity contribution is 5.79. The second-order valence-corrected chi connectivity index (χ2v) is 7.55. The molecule has 1 heterocycles. The number of guanidine groups is 1. The lowest BCUT2D eigenvalue weighted by Gasteiger charge is -2.26. The van der Waals surface area contributed by atoms with Crippen molar-refractivity contribution < 1.29 is 14.1 Å². The molecule has 1 aromatic heterocycles. The van der Waals surface area contributed by atoms with Crippen LogP contribution in [0.3, 0.4) is 0 Å². The molecule has 154 valence electrons. The molecule has 27 heavy (non-hydrogen) atoms. The number of hydrogen-bond donors (Lipinski definition) is 2. The Labute approximate surface area is 162 Å². The monoisotopic (exact) mass is 381 g/mol. The zero-order valence-electron chi connectivity index (χ0n) is 17.8. The Morgan fingerprint density at radius 2 is 2.04 bits per heavy atom. The van der Waals surface area contributed by atoms with Gasteiger partial charge in [-0.3, -0.25) is 0 Å². The summed E-state index contributed by atoms with van der Waals surface area (Å²) in [5.41, 5.74) is 0.425. The fourth-order valence-corrected chi connectivity index (χ4v) is 2.19. The summed E-state index contributed by atoms with van der Waals surface area (Å²) < 4.78 is 10.7. The molecule has 0 radical (unpaired) electrons. The van der Waals surface area contributed by atoms with Crippen LogP contribution in [0.4, 0.5) is 4.79 Å². The minimum atomic E-state index is -0.500. The predicted molar refractivity (Wildman–Crippen MR) is 107 cm³/mol. The molecule has 0 aliphatic carbocycles. The Kier molecular flexibility index (Phi) is 9.11. The van der Waals surface area contributed by atoms with Gasteiger partial charge in [-0.1, -0.05) is 19.0 Å². The van der Waals surface area contributed by atoms with Crippen LogP contribution in [0.15, 0.2) is 15.6 Å². The van der Waals surface area contributed by atoms with E-state index in [1.54, 1.807) is 4.90 Å². The summed E-state index contributed by atoms with van der Waals surface area (Å²) >= 11 is 0. The fourth-order valence-electron chi connectivity index (χ4n) is 2.19. The van der Waals surface area contributed by atoms with E-state index in [1.165, 1.54) is 0 Å². The number of rotatable bonds is 8. The Morgan fingerprint density at radius 3 is 2.56 bits per heavy atom. The molecule has 0 atom stereocenters. The zero-order chi connectivity index (χ0) is 20.4. The van der Waals surface area contributed by atoms with E-state index in [4.69, 9.17) is 9.26 Å². The number of nitrogens with zero attached hydrogens (tertiary/aromatic N) is 3. The first-order valence-electron chi connectivity index (χ1n) is 9.61. The average Bonchev–Trinajstić information content (AvgIpc) is 3.04. The Hall–Kier alpha value is -2.25. The van der Waals surface area contributed by atoms with E-state index in [-0.39, 0.29) is 6.09 Å². The molecule has 0 unspecified atom stereocenters. The van der Waals surface area contributed by atoms with Crippen molar-refractivity contribution in [2.24, 2.45) is 4.99 Å². The summed E-state index contributed by atoms with van der Waals surface area (Å²) in [6.07, 6.45) is -0.309. The highest BCUT2D eigenvalue weighted by Crippen LogP contribution is 2.14. The van der Waals surface area contributed by atoms with E-state index in [0.717, 1.165) is 18.0 Å². The van der Waals surface area contributed by atoms with E-state index in [2.05, 4.69) is 34.6 Å². The number of amides is 1. The number of aromatic nitrogens is 1. The van der Waals surface area contributed by atoms with Crippen molar-refractivity contribution in [3.63, 3.8) is 0 Å². The normalized spacial score (nSPS) is 12.2. The van der Waals surface area contributed by atoms with Crippen molar-refractivity contribution >= 4 is 12.1 Å². The van der Waals surface area contributed by atoms with E-state index >= 15 is 0 Å². The van der Waals surface area contributed by atoms with Gasteiger partial charge in [0, 0.05) is 32.2 Å². The maximum absolute atomic E-state index is 12.2. The molecule has 0 bridgehead atoms. The molecule has 1 rings (SSSR count). The topological polar surface area (TPSA) is 92.0 Å². The number of ether oxygens (including phenoxy) is 1. The Bertz CT molecular complexity index is 605. The first-order chi connectivity index (χ1) is 12.7. The van der Waals surface area contributed by atoms with E-state index in [9.17, 15) is 4.79 Å². The second kappa shape index (κ2) is 10.8. The molecule has 0 spiro atoms. The van der Waals surface area contributed by atoms with Crippen LogP contribution in [0, 0.1) is 0 Å². The van der Waals surface area contributed by atoms with Gasteiger partial charge in [-0.2, -0.15) is 0 Å². The molecule has 8 nitrogen and oxygen atoms in total. The van der Waals surface area contributed by atoms with Crippen LogP contribution in [0.2, 0.25) is 0 Å². The molecule has 2 N–H and O–H groups in total. The summed E-state index contributed by atoms with van der Waals surface area (Å²) in [6, 6.07) is 1.93. The smallest absolute Gasteiger partial charge is 0.410 e. The summed E-state index contributed by atoms with van der Waals surface area (Å²) in [4.78, 5) is 18.3. The van der Waals surface area contributed by atoms with Gasteiger partial charge < -0.3 is 24.8 Å². The number of likely N-dealkylation sites (N-methyl/N-ethyl adjacent to an activating group) is 1. The van der Waals surface area contributed by atoms with Gasteiger partial charge in [0.15, 0.2) is 11.7 Å². The number of nitrogens with one attached hydrogen (secondary N) is 2. The predicted octanol–water partition coefficient (Wildman–Crippen LogP) is 3.11. The van der Waals surface area contributed by atoms with E-state index in [1.807, 2.05) is 40.7 Å². The molecule has 0 saturated heterocycles. The number of carbonyl (C=O) groups excluding carboxylic acids is 1.